The molecule has 0 spiro atoms. The Kier molecular flexibility index (Phi) is 65.8. The van der Waals surface area contributed by atoms with Crippen LogP contribution in [0.15, 0.2) is 72.9 Å². The summed E-state index contributed by atoms with van der Waals surface area (Å²) in [4.78, 5) is 13.5. The molecular weight excluding hydrogens is 1410 g/mol. The molecule has 0 aromatic rings. The predicted molar refractivity (Wildman–Crippen MR) is 448 cm³/mol. The molecule has 17 unspecified atom stereocenters. The highest BCUT2D eigenvalue weighted by Crippen LogP contribution is 2.34. The van der Waals surface area contributed by atoms with Crippen LogP contribution in [0.3, 0.4) is 0 Å². The zero-order valence-electron chi connectivity index (χ0n) is 69.9. The van der Waals surface area contributed by atoms with Crippen molar-refractivity contribution in [1.29, 1.82) is 0 Å². The normalized spacial score (nSPS) is 25.4. The number of aliphatic hydroxyl groups excluding tert-OH is 11. The third-order valence-electron chi connectivity index (χ3n) is 22.5. The summed E-state index contributed by atoms with van der Waals surface area (Å²) >= 11 is 0. The molecule has 17 atom stereocenters. The molecule has 648 valence electrons. The van der Waals surface area contributed by atoms with Crippen LogP contribution in [0.5, 0.6) is 0 Å². The van der Waals surface area contributed by atoms with Crippen LogP contribution in [0.4, 0.5) is 0 Å². The monoisotopic (exact) mass is 1570 g/mol. The van der Waals surface area contributed by atoms with Gasteiger partial charge in [0, 0.05) is 6.42 Å². The highest BCUT2D eigenvalue weighted by atomic mass is 16.8. The summed E-state index contributed by atoms with van der Waals surface area (Å²) in [5.74, 6) is -0.269. The second kappa shape index (κ2) is 71.3. The molecule has 0 bridgehead atoms. The molecule has 3 aliphatic heterocycles. The lowest BCUT2D eigenvalue weighted by Gasteiger charge is -2.48. The van der Waals surface area contributed by atoms with Gasteiger partial charge in [0.15, 0.2) is 18.9 Å². The molecule has 3 rings (SSSR count). The minimum absolute atomic E-state index is 0.246. The Morgan fingerprint density at radius 3 is 0.973 bits per heavy atom. The van der Waals surface area contributed by atoms with E-state index in [1.165, 1.54) is 270 Å². The van der Waals surface area contributed by atoms with E-state index >= 15 is 0 Å². The van der Waals surface area contributed by atoms with Crippen LogP contribution in [-0.2, 0) is 33.2 Å². The van der Waals surface area contributed by atoms with E-state index in [2.05, 4.69) is 79.9 Å². The van der Waals surface area contributed by atoms with E-state index in [1.54, 1.807) is 6.08 Å². The Bertz CT molecular complexity index is 2280. The standard InChI is InChI=1S/C92H167NO18/c1-3-5-7-9-11-13-15-17-19-21-23-25-27-29-31-32-33-34-35-36-37-38-39-40-41-42-44-46-48-50-52-54-56-58-60-62-64-66-68-70-80(98)93-75(76(97)69-67-65-63-61-59-57-55-53-51-49-47-45-43-30-28-26-24-22-20-18-16-14-12-10-8-6-4-2)74-106-90-86(104)83(101)88(78(72-95)108-90)111-92-87(105)84(102)89(79(73-96)109-92)110-91-85(103)82(100)81(99)77(71-94)107-91/h5,7,11,13,17,19,23,25,29,31,67,69,75-79,81-92,94-97,99-105H,3-4,6,8-10,12,14-16,18,20-22,24,26-28,30,32-66,68,70-74H2,1-2H3,(H,93,98)/b7-5-,13-11-,19-17-,25-23-,31-29-,69-67+. The topological polar surface area (TPSA) is 307 Å². The van der Waals surface area contributed by atoms with Crippen LogP contribution < -0.4 is 5.32 Å². The molecule has 0 radical (unpaired) electrons. The third kappa shape index (κ3) is 49.9. The summed E-state index contributed by atoms with van der Waals surface area (Å²) in [6, 6.07) is -0.976. The van der Waals surface area contributed by atoms with Crippen molar-refractivity contribution in [3.8, 4) is 0 Å². The molecule has 111 heavy (non-hydrogen) atoms. The Morgan fingerprint density at radius 2 is 0.622 bits per heavy atom. The molecule has 3 heterocycles. The van der Waals surface area contributed by atoms with Gasteiger partial charge in [0.1, 0.15) is 73.2 Å². The number of rotatable bonds is 74. The van der Waals surface area contributed by atoms with Crippen LogP contribution in [0.2, 0.25) is 0 Å². The number of ether oxygens (including phenoxy) is 6. The minimum Gasteiger partial charge on any atom is -0.394 e. The number of allylic oxidation sites excluding steroid dienone is 11. The second-order valence-corrected chi connectivity index (χ2v) is 32.4. The van der Waals surface area contributed by atoms with Crippen molar-refractivity contribution in [2.45, 2.75) is 478 Å². The number of hydrogen-bond acceptors (Lipinski definition) is 18. The largest absolute Gasteiger partial charge is 0.394 e. The number of hydrogen-bond donors (Lipinski definition) is 12. The van der Waals surface area contributed by atoms with Crippen molar-refractivity contribution >= 4 is 5.91 Å². The molecule has 0 aliphatic carbocycles. The molecule has 12 N–H and O–H groups in total. The van der Waals surface area contributed by atoms with Crippen LogP contribution >= 0.6 is 0 Å². The van der Waals surface area contributed by atoms with E-state index in [0.717, 1.165) is 77.0 Å². The SMILES string of the molecule is CC/C=C\C/C=C\C/C=C\C/C=C\C/C=C\CCCCCCCCCCCCCCCCCCCCCCCCCC(=O)NC(COC1OC(CO)C(OC2OC(CO)C(OC3OC(CO)C(O)C(O)C3O)C(O)C2O)C(O)C1O)C(O)/C=C/CCCCCCCCCCCCCCCCCCCCCCCCCCC. The van der Waals surface area contributed by atoms with Gasteiger partial charge < -0.3 is 89.9 Å². The first-order valence-corrected chi connectivity index (χ1v) is 45.7. The molecule has 3 saturated heterocycles. The summed E-state index contributed by atoms with van der Waals surface area (Å²) in [6.45, 7) is 1.68. The van der Waals surface area contributed by atoms with E-state index in [4.69, 9.17) is 28.4 Å². The first kappa shape index (κ1) is 102. The number of unbranched alkanes of at least 4 members (excludes halogenated alkanes) is 48. The quantitative estimate of drug-likeness (QED) is 0.0199. The van der Waals surface area contributed by atoms with Gasteiger partial charge in [0.25, 0.3) is 0 Å². The van der Waals surface area contributed by atoms with Gasteiger partial charge in [-0.1, -0.05) is 376 Å². The lowest BCUT2D eigenvalue weighted by atomic mass is 9.96. The van der Waals surface area contributed by atoms with Crippen LogP contribution in [0.25, 0.3) is 0 Å². The second-order valence-electron chi connectivity index (χ2n) is 32.4. The van der Waals surface area contributed by atoms with Gasteiger partial charge in [0.2, 0.25) is 5.91 Å². The molecule has 0 saturated carbocycles. The van der Waals surface area contributed by atoms with Gasteiger partial charge in [-0.3, -0.25) is 4.79 Å². The van der Waals surface area contributed by atoms with Crippen LogP contribution in [0, 0.1) is 0 Å². The van der Waals surface area contributed by atoms with E-state index < -0.39 is 124 Å². The van der Waals surface area contributed by atoms with Crippen LogP contribution in [0.1, 0.15) is 373 Å². The van der Waals surface area contributed by atoms with Gasteiger partial charge in [0.05, 0.1) is 38.6 Å². The molecular formula is C92H167NO18. The number of carbonyl (C=O) groups excluding carboxylic acids is 1. The summed E-state index contributed by atoms with van der Waals surface area (Å²) < 4.78 is 34.5. The van der Waals surface area contributed by atoms with Crippen molar-refractivity contribution in [2.24, 2.45) is 0 Å². The molecule has 1 amide bonds. The lowest BCUT2D eigenvalue weighted by Crippen LogP contribution is -2.66. The highest BCUT2D eigenvalue weighted by molar-refractivity contribution is 5.76. The average Bonchev–Trinajstić information content (AvgIpc) is 0.780. The minimum atomic E-state index is -1.98. The molecule has 19 heteroatoms. The van der Waals surface area contributed by atoms with E-state index in [9.17, 15) is 61.0 Å². The molecule has 3 aliphatic rings. The number of nitrogens with one attached hydrogen (secondary N) is 1. The number of aliphatic hydroxyl groups is 11. The first-order chi connectivity index (χ1) is 54.3. The average molecular weight is 1580 g/mol. The van der Waals surface area contributed by atoms with Gasteiger partial charge in [-0.2, -0.15) is 0 Å². The first-order valence-electron chi connectivity index (χ1n) is 45.7. The number of amides is 1. The third-order valence-corrected chi connectivity index (χ3v) is 22.5. The molecule has 0 aromatic heterocycles. The van der Waals surface area contributed by atoms with Gasteiger partial charge in [-0.15, -0.1) is 0 Å². The fourth-order valence-corrected chi connectivity index (χ4v) is 15.3. The fraction of sp³-hybridized carbons (Fsp3) is 0.859. The number of carbonyl (C=O) groups is 1. The Labute approximate surface area is 674 Å². The van der Waals surface area contributed by atoms with Gasteiger partial charge in [-0.05, 0) is 64.2 Å². The van der Waals surface area contributed by atoms with Crippen molar-refractivity contribution in [2.75, 3.05) is 26.4 Å². The van der Waals surface area contributed by atoms with Crippen LogP contribution in [-0.4, -0.2) is 193 Å². The highest BCUT2D eigenvalue weighted by Gasteiger charge is 2.54. The Balaban J connectivity index is 1.31. The van der Waals surface area contributed by atoms with Gasteiger partial charge in [-0.25, -0.2) is 0 Å². The van der Waals surface area contributed by atoms with Gasteiger partial charge >= 0.3 is 0 Å². The zero-order chi connectivity index (χ0) is 80.3. The Morgan fingerprint density at radius 1 is 0.333 bits per heavy atom. The summed E-state index contributed by atoms with van der Waals surface area (Å²) in [5.41, 5.74) is 0. The van der Waals surface area contributed by atoms with Crippen molar-refractivity contribution in [3.05, 3.63) is 72.9 Å². The molecule has 19 nitrogen and oxygen atoms in total. The maximum atomic E-state index is 13.5. The summed E-state index contributed by atoms with van der Waals surface area (Å²) in [6.07, 6.45) is 69.1. The van der Waals surface area contributed by atoms with E-state index in [-0.39, 0.29) is 18.9 Å². The van der Waals surface area contributed by atoms with E-state index in [0.29, 0.717) is 6.42 Å². The van der Waals surface area contributed by atoms with Crippen molar-refractivity contribution in [1.82, 2.24) is 5.32 Å². The zero-order valence-corrected chi connectivity index (χ0v) is 69.9. The summed E-state index contributed by atoms with van der Waals surface area (Å²) in [7, 11) is 0. The maximum Gasteiger partial charge on any atom is 0.220 e. The van der Waals surface area contributed by atoms with E-state index in [1.807, 2.05) is 6.08 Å². The maximum absolute atomic E-state index is 13.5. The smallest absolute Gasteiger partial charge is 0.220 e. The Hall–Kier alpha value is -2.77. The summed E-state index contributed by atoms with van der Waals surface area (Å²) in [5, 5.41) is 121. The molecule has 0 aromatic carbocycles. The lowest BCUT2D eigenvalue weighted by molar-refractivity contribution is -0.379. The predicted octanol–water partition coefficient (Wildman–Crippen LogP) is 17.5. The van der Waals surface area contributed by atoms with Crippen molar-refractivity contribution in [3.63, 3.8) is 0 Å². The molecule has 3 fully saturated rings. The van der Waals surface area contributed by atoms with Crippen molar-refractivity contribution < 1.29 is 89.4 Å². The fourth-order valence-electron chi connectivity index (χ4n) is 15.3.